The number of rotatable bonds is 3. The van der Waals surface area contributed by atoms with E-state index in [0.717, 1.165) is 0 Å². The van der Waals surface area contributed by atoms with Crippen LogP contribution < -0.4 is 0 Å². The van der Waals surface area contributed by atoms with Crippen LogP contribution in [0.1, 0.15) is 19.8 Å². The molecule has 2 unspecified atom stereocenters. The van der Waals surface area contributed by atoms with E-state index in [9.17, 15) is 14.4 Å². The predicted octanol–water partition coefficient (Wildman–Crippen LogP) is -0.158. The topological polar surface area (TPSA) is 110 Å². The third kappa shape index (κ3) is 2.08. The summed E-state index contributed by atoms with van der Waals surface area (Å²) in [6.45, 7) is 2.00. The number of ketones is 1. The number of fused-ring (bicyclic) bond motifs is 1. The van der Waals surface area contributed by atoms with Crippen LogP contribution >= 0.6 is 0 Å². The lowest BCUT2D eigenvalue weighted by atomic mass is 9.69. The maximum absolute atomic E-state index is 13.2. The summed E-state index contributed by atoms with van der Waals surface area (Å²) in [7, 11) is 2.86. The van der Waals surface area contributed by atoms with Gasteiger partial charge in [0.05, 0.1) is 32.8 Å². The maximum Gasteiger partial charge on any atom is 0.316 e. The summed E-state index contributed by atoms with van der Waals surface area (Å²) in [6.07, 6.45) is -0.837. The minimum absolute atomic E-state index is 0.107. The Morgan fingerprint density at radius 1 is 1.11 bits per heavy atom. The maximum atomic E-state index is 13.2. The molecular formula is C19H24O9. The lowest BCUT2D eigenvalue weighted by molar-refractivity contribution is -0.230. The van der Waals surface area contributed by atoms with Gasteiger partial charge in [0.2, 0.25) is 5.79 Å². The standard InChI is InChI=1S/C19H24O9/c1-8(20)27-14-10-6-9-12(17(22)24-3)11(21)7-18(25-4-5-26-18)19(13(9)14)16(28-19)15(10)23-2/h9-10,12-16H,4-7H2,1-3H3/t9-,10-,12?,13+,14?,15+,16+,19-/m0/s1. The molecule has 3 saturated carbocycles. The Kier molecular flexibility index (Phi) is 3.94. The zero-order chi connectivity index (χ0) is 19.8. The van der Waals surface area contributed by atoms with Gasteiger partial charge in [0.25, 0.3) is 0 Å². The third-order valence-electron chi connectivity index (χ3n) is 7.24. The second kappa shape index (κ2) is 5.98. The first-order chi connectivity index (χ1) is 13.4. The molecule has 154 valence electrons. The van der Waals surface area contributed by atoms with E-state index < -0.39 is 47.2 Å². The number of methoxy groups -OCH3 is 2. The summed E-state index contributed by atoms with van der Waals surface area (Å²) >= 11 is 0. The van der Waals surface area contributed by atoms with Crippen molar-refractivity contribution in [3.8, 4) is 0 Å². The molecule has 28 heavy (non-hydrogen) atoms. The van der Waals surface area contributed by atoms with E-state index in [-0.39, 0.29) is 30.3 Å². The molecule has 2 saturated heterocycles. The number of esters is 2. The van der Waals surface area contributed by atoms with Gasteiger partial charge in [-0.05, 0) is 12.3 Å². The SMILES string of the molecule is COC(=O)C1C(=O)CC2(OCCO2)[C@@]23O[C@@H]2[C@H](OC)[C@H]2C[C@@H]1[C@@H]3C2OC(C)=O. The van der Waals surface area contributed by atoms with Gasteiger partial charge in [-0.1, -0.05) is 0 Å². The highest BCUT2D eigenvalue weighted by atomic mass is 16.8. The molecule has 0 aromatic carbocycles. The second-order valence-electron chi connectivity index (χ2n) is 8.29. The molecule has 5 rings (SSSR count). The Hall–Kier alpha value is -1.55. The number of ether oxygens (including phenoxy) is 6. The van der Waals surface area contributed by atoms with Crippen LogP contribution in [-0.2, 0) is 42.8 Å². The zero-order valence-electron chi connectivity index (χ0n) is 16.0. The third-order valence-corrected chi connectivity index (χ3v) is 7.24. The Bertz CT molecular complexity index is 729. The number of hydrogen-bond acceptors (Lipinski definition) is 9. The molecule has 0 amide bonds. The first-order valence-electron chi connectivity index (χ1n) is 9.66. The number of carbonyl (C=O) groups is 3. The molecule has 3 aliphatic carbocycles. The zero-order valence-corrected chi connectivity index (χ0v) is 16.0. The van der Waals surface area contributed by atoms with Gasteiger partial charge in [0.15, 0.2) is 11.4 Å². The largest absolute Gasteiger partial charge is 0.468 e. The molecule has 5 fully saturated rings. The fourth-order valence-corrected chi connectivity index (χ4v) is 6.45. The minimum Gasteiger partial charge on any atom is -0.468 e. The molecular weight excluding hydrogens is 372 g/mol. The number of carbonyl (C=O) groups excluding carboxylic acids is 3. The summed E-state index contributed by atoms with van der Waals surface area (Å²) in [5, 5.41) is 0. The van der Waals surface area contributed by atoms with Crippen LogP contribution in [-0.4, -0.2) is 74.9 Å². The highest BCUT2D eigenvalue weighted by Gasteiger charge is 2.87. The van der Waals surface area contributed by atoms with Crippen LogP contribution in [0.5, 0.6) is 0 Å². The van der Waals surface area contributed by atoms with E-state index in [1.165, 1.54) is 14.0 Å². The fourth-order valence-electron chi connectivity index (χ4n) is 6.45. The van der Waals surface area contributed by atoms with Crippen molar-refractivity contribution < 1.29 is 42.8 Å². The summed E-state index contributed by atoms with van der Waals surface area (Å²) in [5.74, 6) is -4.55. The highest BCUT2D eigenvalue weighted by Crippen LogP contribution is 2.70. The van der Waals surface area contributed by atoms with Crippen molar-refractivity contribution in [1.29, 1.82) is 0 Å². The van der Waals surface area contributed by atoms with E-state index in [4.69, 9.17) is 28.4 Å². The molecule has 2 bridgehead atoms. The Balaban J connectivity index is 1.68. The van der Waals surface area contributed by atoms with Crippen LogP contribution in [0.4, 0.5) is 0 Å². The molecule has 0 aromatic rings. The van der Waals surface area contributed by atoms with Crippen molar-refractivity contribution >= 4 is 17.7 Å². The van der Waals surface area contributed by atoms with Crippen LogP contribution in [0, 0.1) is 23.7 Å². The van der Waals surface area contributed by atoms with Gasteiger partial charge in [-0.2, -0.15) is 0 Å². The van der Waals surface area contributed by atoms with Gasteiger partial charge in [0, 0.05) is 25.9 Å². The Labute approximate surface area is 161 Å². The van der Waals surface area contributed by atoms with Gasteiger partial charge in [-0.3, -0.25) is 14.4 Å². The summed E-state index contributed by atoms with van der Waals surface area (Å²) < 4.78 is 34.7. The molecule has 5 aliphatic rings. The van der Waals surface area contributed by atoms with E-state index in [1.807, 2.05) is 0 Å². The molecule has 0 radical (unpaired) electrons. The molecule has 2 spiro atoms. The summed E-state index contributed by atoms with van der Waals surface area (Å²) in [4.78, 5) is 37.7. The fraction of sp³-hybridized carbons (Fsp3) is 0.842. The monoisotopic (exact) mass is 396 g/mol. The summed E-state index contributed by atoms with van der Waals surface area (Å²) in [6, 6.07) is 0. The average molecular weight is 396 g/mol. The van der Waals surface area contributed by atoms with Gasteiger partial charge in [-0.25, -0.2) is 0 Å². The Morgan fingerprint density at radius 2 is 1.82 bits per heavy atom. The smallest absolute Gasteiger partial charge is 0.316 e. The van der Waals surface area contributed by atoms with Crippen molar-refractivity contribution in [2.75, 3.05) is 27.4 Å². The van der Waals surface area contributed by atoms with Crippen molar-refractivity contribution in [2.45, 2.75) is 49.5 Å². The lowest BCUT2D eigenvalue weighted by Gasteiger charge is -2.43. The van der Waals surface area contributed by atoms with Crippen molar-refractivity contribution in [3.63, 3.8) is 0 Å². The average Bonchev–Trinajstić information content (AvgIpc) is 3.12. The second-order valence-corrected chi connectivity index (χ2v) is 8.29. The van der Waals surface area contributed by atoms with Crippen LogP contribution in [0.25, 0.3) is 0 Å². The molecule has 9 nitrogen and oxygen atoms in total. The van der Waals surface area contributed by atoms with E-state index >= 15 is 0 Å². The predicted molar refractivity (Wildman–Crippen MR) is 88.8 cm³/mol. The molecule has 8 atom stereocenters. The van der Waals surface area contributed by atoms with Gasteiger partial charge >= 0.3 is 11.9 Å². The number of epoxide rings is 1. The van der Waals surface area contributed by atoms with Crippen LogP contribution in [0.15, 0.2) is 0 Å². The van der Waals surface area contributed by atoms with E-state index in [2.05, 4.69) is 0 Å². The first kappa shape index (κ1) is 18.5. The van der Waals surface area contributed by atoms with Crippen molar-refractivity contribution in [2.24, 2.45) is 23.7 Å². The molecule has 2 heterocycles. The van der Waals surface area contributed by atoms with Crippen LogP contribution in [0.3, 0.4) is 0 Å². The summed E-state index contributed by atoms with van der Waals surface area (Å²) in [5.41, 5.74) is -0.986. The Morgan fingerprint density at radius 3 is 2.43 bits per heavy atom. The first-order valence-corrected chi connectivity index (χ1v) is 9.66. The van der Waals surface area contributed by atoms with Crippen LogP contribution in [0.2, 0.25) is 0 Å². The normalized spacial score (nSPS) is 47.4. The minimum atomic E-state index is -1.30. The van der Waals surface area contributed by atoms with Crippen molar-refractivity contribution in [1.82, 2.24) is 0 Å². The highest BCUT2D eigenvalue weighted by molar-refractivity contribution is 6.00. The quantitative estimate of drug-likeness (QED) is 0.365. The molecule has 0 aromatic heterocycles. The lowest BCUT2D eigenvalue weighted by Crippen LogP contribution is -2.61. The molecule has 9 heteroatoms. The molecule has 2 aliphatic heterocycles. The van der Waals surface area contributed by atoms with E-state index in [1.54, 1.807) is 7.11 Å². The van der Waals surface area contributed by atoms with E-state index in [0.29, 0.717) is 19.6 Å². The van der Waals surface area contributed by atoms with Gasteiger partial charge in [0.1, 0.15) is 18.1 Å². The molecule has 0 N–H and O–H groups in total. The van der Waals surface area contributed by atoms with Gasteiger partial charge in [-0.15, -0.1) is 0 Å². The number of Topliss-reactive ketones (excluding diaryl/α,β-unsaturated/α-hetero) is 1. The van der Waals surface area contributed by atoms with Crippen molar-refractivity contribution in [3.05, 3.63) is 0 Å². The number of hydrogen-bond donors (Lipinski definition) is 0. The van der Waals surface area contributed by atoms with Gasteiger partial charge < -0.3 is 28.4 Å².